The predicted octanol–water partition coefficient (Wildman–Crippen LogP) is 2.91. The van der Waals surface area contributed by atoms with Crippen LogP contribution in [-0.4, -0.2) is 10.8 Å². The van der Waals surface area contributed by atoms with Gasteiger partial charge in [-0.25, -0.2) is 9.37 Å². The second-order valence-electron chi connectivity index (χ2n) is 4.22. The first kappa shape index (κ1) is 12.7. The molecule has 0 radical (unpaired) electrons. The lowest BCUT2D eigenvalue weighted by Gasteiger charge is -2.07. The van der Waals surface area contributed by atoms with E-state index in [1.165, 1.54) is 17.4 Å². The third-order valence-corrected chi connectivity index (χ3v) is 3.34. The maximum Gasteiger partial charge on any atom is 0.180 e. The summed E-state index contributed by atoms with van der Waals surface area (Å²) in [4.78, 5) is 16.1. The number of nitrogen functional groups attached to an aromatic ring is 1. The van der Waals surface area contributed by atoms with E-state index < -0.39 is 5.82 Å². The molecule has 0 unspecified atom stereocenters. The first-order valence-corrected chi connectivity index (χ1v) is 6.35. The highest BCUT2D eigenvalue weighted by Crippen LogP contribution is 2.19. The van der Waals surface area contributed by atoms with Gasteiger partial charge in [-0.1, -0.05) is 6.07 Å². The Morgan fingerprint density at radius 2 is 2.17 bits per heavy atom. The van der Waals surface area contributed by atoms with Gasteiger partial charge in [-0.3, -0.25) is 4.79 Å². The standard InChI is InChI=1S/C13H13FN2OS/c1-7-3-8(2)12(10(14)4-7)11(17)5-9-6-18-13(15)16-9/h3-4,6H,5H2,1-2H3,(H2,15,16). The molecule has 1 aromatic carbocycles. The lowest BCUT2D eigenvalue weighted by molar-refractivity contribution is 0.0987. The molecule has 3 nitrogen and oxygen atoms in total. The Morgan fingerprint density at radius 3 is 2.72 bits per heavy atom. The van der Waals surface area contributed by atoms with Crippen LogP contribution < -0.4 is 5.73 Å². The number of anilines is 1. The lowest BCUT2D eigenvalue weighted by atomic mass is 9.99. The molecule has 0 aliphatic heterocycles. The van der Waals surface area contributed by atoms with Crippen LogP contribution in [0.4, 0.5) is 9.52 Å². The summed E-state index contributed by atoms with van der Waals surface area (Å²) in [7, 11) is 0. The first-order chi connectivity index (χ1) is 8.47. The van der Waals surface area contributed by atoms with E-state index in [9.17, 15) is 9.18 Å². The van der Waals surface area contributed by atoms with Crippen LogP contribution in [-0.2, 0) is 6.42 Å². The SMILES string of the molecule is Cc1cc(C)c(C(=O)Cc2csc(N)n2)c(F)c1. The van der Waals surface area contributed by atoms with Gasteiger partial charge in [0.2, 0.25) is 0 Å². The number of aryl methyl sites for hydroxylation is 2. The molecule has 0 bridgehead atoms. The molecule has 0 saturated heterocycles. The molecule has 2 N–H and O–H groups in total. The third-order valence-electron chi connectivity index (χ3n) is 2.62. The van der Waals surface area contributed by atoms with Crippen LogP contribution >= 0.6 is 11.3 Å². The molecule has 18 heavy (non-hydrogen) atoms. The number of benzene rings is 1. The molecule has 0 amide bonds. The number of hydrogen-bond donors (Lipinski definition) is 1. The topological polar surface area (TPSA) is 56.0 Å². The molecule has 1 heterocycles. The molecule has 2 aromatic rings. The average Bonchev–Trinajstić information content (AvgIpc) is 2.62. The maximum absolute atomic E-state index is 13.8. The van der Waals surface area contributed by atoms with Gasteiger partial charge in [-0.2, -0.15) is 0 Å². The summed E-state index contributed by atoms with van der Waals surface area (Å²) in [5.74, 6) is -0.740. The number of Topliss-reactive ketones (excluding diaryl/α,β-unsaturated/α-hetero) is 1. The molecule has 0 aliphatic rings. The van der Waals surface area contributed by atoms with E-state index in [1.807, 2.05) is 0 Å². The largest absolute Gasteiger partial charge is 0.375 e. The van der Waals surface area contributed by atoms with Gasteiger partial charge in [0.15, 0.2) is 10.9 Å². The van der Waals surface area contributed by atoms with Gasteiger partial charge >= 0.3 is 0 Å². The van der Waals surface area contributed by atoms with Crippen molar-refractivity contribution in [1.29, 1.82) is 0 Å². The van der Waals surface area contributed by atoms with Gasteiger partial charge in [0.25, 0.3) is 0 Å². The fourth-order valence-corrected chi connectivity index (χ4v) is 2.49. The predicted molar refractivity (Wildman–Crippen MR) is 70.4 cm³/mol. The van der Waals surface area contributed by atoms with E-state index in [-0.39, 0.29) is 17.8 Å². The minimum atomic E-state index is -0.472. The van der Waals surface area contributed by atoms with Gasteiger partial charge in [0.05, 0.1) is 17.7 Å². The highest BCUT2D eigenvalue weighted by atomic mass is 32.1. The zero-order valence-corrected chi connectivity index (χ0v) is 11.0. The number of carbonyl (C=O) groups is 1. The van der Waals surface area contributed by atoms with Crippen molar-refractivity contribution in [1.82, 2.24) is 4.98 Å². The first-order valence-electron chi connectivity index (χ1n) is 5.47. The summed E-state index contributed by atoms with van der Waals surface area (Å²) >= 11 is 1.27. The van der Waals surface area contributed by atoms with Gasteiger partial charge < -0.3 is 5.73 Å². The Morgan fingerprint density at radius 1 is 1.44 bits per heavy atom. The van der Waals surface area contributed by atoms with Crippen LogP contribution in [0, 0.1) is 19.7 Å². The Balaban J connectivity index is 2.29. The van der Waals surface area contributed by atoms with Crippen molar-refractivity contribution >= 4 is 22.3 Å². The number of halogens is 1. The Hall–Kier alpha value is -1.75. The summed E-state index contributed by atoms with van der Waals surface area (Å²) < 4.78 is 13.8. The van der Waals surface area contributed by atoms with E-state index in [4.69, 9.17) is 5.73 Å². The molecule has 0 saturated carbocycles. The van der Waals surface area contributed by atoms with Crippen molar-refractivity contribution in [2.24, 2.45) is 0 Å². The minimum Gasteiger partial charge on any atom is -0.375 e. The van der Waals surface area contributed by atoms with Gasteiger partial charge in [0, 0.05) is 5.38 Å². The number of ketones is 1. The highest BCUT2D eigenvalue weighted by molar-refractivity contribution is 7.13. The summed E-state index contributed by atoms with van der Waals surface area (Å²) in [6, 6.07) is 3.17. The van der Waals surface area contributed by atoms with E-state index in [0.717, 1.165) is 5.56 Å². The molecular formula is C13H13FN2OS. The summed E-state index contributed by atoms with van der Waals surface area (Å²) in [5.41, 5.74) is 7.68. The van der Waals surface area contributed by atoms with Crippen LogP contribution in [0.5, 0.6) is 0 Å². The maximum atomic E-state index is 13.8. The van der Waals surface area contributed by atoms with Crippen molar-refractivity contribution in [3.8, 4) is 0 Å². The monoisotopic (exact) mass is 264 g/mol. The molecule has 0 spiro atoms. The minimum absolute atomic E-state index is 0.0779. The summed E-state index contributed by atoms with van der Waals surface area (Å²) in [6.45, 7) is 3.53. The van der Waals surface area contributed by atoms with Crippen molar-refractivity contribution in [3.05, 3.63) is 45.7 Å². The molecule has 94 valence electrons. The summed E-state index contributed by atoms with van der Waals surface area (Å²) in [5, 5.41) is 2.13. The fraction of sp³-hybridized carbons (Fsp3) is 0.231. The van der Waals surface area contributed by atoms with Crippen LogP contribution in [0.1, 0.15) is 27.2 Å². The number of nitrogens with two attached hydrogens (primary N) is 1. The van der Waals surface area contributed by atoms with Crippen molar-refractivity contribution in [2.45, 2.75) is 20.3 Å². The Bertz CT molecular complexity index is 584. The normalized spacial score (nSPS) is 10.6. The summed E-state index contributed by atoms with van der Waals surface area (Å²) in [6.07, 6.45) is 0.0779. The zero-order chi connectivity index (χ0) is 13.3. The average molecular weight is 264 g/mol. The van der Waals surface area contributed by atoms with Crippen LogP contribution in [0.2, 0.25) is 0 Å². The van der Waals surface area contributed by atoms with Crippen LogP contribution in [0.3, 0.4) is 0 Å². The number of carbonyl (C=O) groups excluding carboxylic acids is 1. The molecule has 0 aliphatic carbocycles. The van der Waals surface area contributed by atoms with Crippen molar-refractivity contribution in [2.75, 3.05) is 5.73 Å². The lowest BCUT2D eigenvalue weighted by Crippen LogP contribution is -2.09. The number of thiazole rings is 1. The van der Waals surface area contributed by atoms with Gasteiger partial charge in [0.1, 0.15) is 5.82 Å². The number of hydrogen-bond acceptors (Lipinski definition) is 4. The third kappa shape index (κ3) is 2.56. The molecular weight excluding hydrogens is 251 g/mol. The number of nitrogens with zero attached hydrogens (tertiary/aromatic N) is 1. The molecule has 2 rings (SSSR count). The Labute approximate surface area is 108 Å². The van der Waals surface area contributed by atoms with E-state index >= 15 is 0 Å². The van der Waals surface area contributed by atoms with Gasteiger partial charge in [-0.05, 0) is 31.0 Å². The van der Waals surface area contributed by atoms with E-state index in [2.05, 4.69) is 4.98 Å². The highest BCUT2D eigenvalue weighted by Gasteiger charge is 2.16. The second-order valence-corrected chi connectivity index (χ2v) is 5.11. The molecule has 0 fully saturated rings. The Kier molecular flexibility index (Phi) is 3.43. The molecule has 5 heteroatoms. The van der Waals surface area contributed by atoms with E-state index in [1.54, 1.807) is 25.3 Å². The molecule has 1 aromatic heterocycles. The van der Waals surface area contributed by atoms with Crippen molar-refractivity contribution in [3.63, 3.8) is 0 Å². The van der Waals surface area contributed by atoms with Crippen LogP contribution in [0.25, 0.3) is 0 Å². The number of aromatic nitrogens is 1. The quantitative estimate of drug-likeness (QED) is 0.867. The van der Waals surface area contributed by atoms with E-state index in [0.29, 0.717) is 16.4 Å². The van der Waals surface area contributed by atoms with Gasteiger partial charge in [-0.15, -0.1) is 11.3 Å². The fourth-order valence-electron chi connectivity index (χ4n) is 1.93. The second kappa shape index (κ2) is 4.86. The van der Waals surface area contributed by atoms with Crippen LogP contribution in [0.15, 0.2) is 17.5 Å². The smallest absolute Gasteiger partial charge is 0.180 e. The molecule has 0 atom stereocenters. The van der Waals surface area contributed by atoms with Crippen molar-refractivity contribution < 1.29 is 9.18 Å². The zero-order valence-electron chi connectivity index (χ0n) is 10.2. The number of rotatable bonds is 3.